The lowest BCUT2D eigenvalue weighted by Gasteiger charge is -1.87. The van der Waals surface area contributed by atoms with E-state index in [0.29, 0.717) is 0 Å². The molecule has 0 unspecified atom stereocenters. The molecule has 2 nitrogen and oxygen atoms in total. The van der Waals surface area contributed by atoms with Gasteiger partial charge in [-0.15, -0.1) is 0 Å². The summed E-state index contributed by atoms with van der Waals surface area (Å²) in [5.41, 5.74) is 3.50. The topological polar surface area (TPSA) is 26.3 Å². The van der Waals surface area contributed by atoms with Gasteiger partial charge in [-0.2, -0.15) is 0 Å². The number of benzene rings is 2. The maximum atomic E-state index is 5.48. The molecule has 0 spiro atoms. The molecule has 0 saturated heterocycles. The predicted octanol–water partition coefficient (Wildman–Crippen LogP) is 4.58. The second-order valence-corrected chi connectivity index (χ2v) is 4.54. The van der Waals surface area contributed by atoms with Crippen LogP contribution in [0.3, 0.4) is 0 Å². The molecule has 0 fully saturated rings. The minimum Gasteiger partial charge on any atom is -0.463 e. The lowest BCUT2D eigenvalue weighted by molar-refractivity contribution is 0.614. The van der Waals surface area contributed by atoms with Crippen LogP contribution in [0.1, 0.15) is 11.1 Å². The van der Waals surface area contributed by atoms with Crippen molar-refractivity contribution in [1.29, 1.82) is 0 Å². The van der Waals surface area contributed by atoms with E-state index in [9.17, 15) is 0 Å². The molecule has 2 heteroatoms. The van der Waals surface area contributed by atoms with E-state index < -0.39 is 0 Å². The van der Waals surface area contributed by atoms with E-state index in [1.807, 2.05) is 48.5 Å². The summed E-state index contributed by atoms with van der Waals surface area (Å²) < 4.78 is 11.0. The first kappa shape index (κ1) is 11.0. The molecule has 4 aromatic rings. The van der Waals surface area contributed by atoms with Gasteiger partial charge < -0.3 is 8.83 Å². The summed E-state index contributed by atoms with van der Waals surface area (Å²) >= 11 is 0. The Morgan fingerprint density at radius 3 is 1.55 bits per heavy atom. The zero-order chi connectivity index (χ0) is 13.4. The molecule has 0 aliphatic heterocycles. The molecule has 94 valence electrons. The molecule has 0 N–H and O–H groups in total. The molecular weight excluding hydrogens is 248 g/mol. The number of fused-ring (bicyclic) bond motifs is 2. The molecular formula is C18H10O2. The summed E-state index contributed by atoms with van der Waals surface area (Å²) in [5.74, 6) is 6.32. The average molecular weight is 258 g/mol. The van der Waals surface area contributed by atoms with Crippen LogP contribution in [-0.4, -0.2) is 0 Å². The molecule has 20 heavy (non-hydrogen) atoms. The Kier molecular flexibility index (Phi) is 2.37. The van der Waals surface area contributed by atoms with Crippen LogP contribution in [0.4, 0.5) is 0 Å². The van der Waals surface area contributed by atoms with Gasteiger partial charge in [0.25, 0.3) is 0 Å². The first-order valence-corrected chi connectivity index (χ1v) is 6.36. The quantitative estimate of drug-likeness (QED) is 0.431. The number of hydrogen-bond donors (Lipinski definition) is 0. The van der Waals surface area contributed by atoms with Crippen LogP contribution in [0.15, 0.2) is 69.9 Å². The molecule has 0 bridgehead atoms. The smallest absolute Gasteiger partial charge is 0.135 e. The third-order valence-electron chi connectivity index (χ3n) is 3.29. The molecule has 0 radical (unpaired) electrons. The highest BCUT2D eigenvalue weighted by Crippen LogP contribution is 2.22. The highest BCUT2D eigenvalue weighted by Gasteiger charge is 2.03. The number of para-hydroxylation sites is 2. The standard InChI is InChI=1S/C18H10O2/c1-3-7-17-15(5-1)13(11-19-17)9-10-14-12-20-18-8-4-2-6-16(14)18/h1-8,11-12H. The summed E-state index contributed by atoms with van der Waals surface area (Å²) in [4.78, 5) is 0. The van der Waals surface area contributed by atoms with Crippen molar-refractivity contribution in [3.63, 3.8) is 0 Å². The summed E-state index contributed by atoms with van der Waals surface area (Å²) in [6, 6.07) is 15.8. The minimum absolute atomic E-state index is 0.855. The van der Waals surface area contributed by atoms with Crippen LogP contribution in [0.25, 0.3) is 21.9 Å². The monoisotopic (exact) mass is 258 g/mol. The normalized spacial score (nSPS) is 10.6. The van der Waals surface area contributed by atoms with Crippen LogP contribution in [0, 0.1) is 11.8 Å². The van der Waals surface area contributed by atoms with Crippen molar-refractivity contribution < 1.29 is 8.83 Å². The lowest BCUT2D eigenvalue weighted by atomic mass is 10.1. The summed E-state index contributed by atoms with van der Waals surface area (Å²) in [6.07, 6.45) is 3.39. The van der Waals surface area contributed by atoms with Crippen molar-refractivity contribution >= 4 is 21.9 Å². The van der Waals surface area contributed by atoms with Crippen LogP contribution in [0.2, 0.25) is 0 Å². The summed E-state index contributed by atoms with van der Waals surface area (Å²) in [7, 11) is 0. The first-order chi connectivity index (χ1) is 9.92. The van der Waals surface area contributed by atoms with Gasteiger partial charge in [0.1, 0.15) is 23.7 Å². The van der Waals surface area contributed by atoms with Crippen LogP contribution >= 0.6 is 0 Å². The van der Waals surface area contributed by atoms with Crippen molar-refractivity contribution in [2.45, 2.75) is 0 Å². The van der Waals surface area contributed by atoms with Gasteiger partial charge in [-0.25, -0.2) is 0 Å². The predicted molar refractivity (Wildman–Crippen MR) is 78.4 cm³/mol. The van der Waals surface area contributed by atoms with E-state index in [2.05, 4.69) is 11.8 Å². The van der Waals surface area contributed by atoms with E-state index in [4.69, 9.17) is 8.83 Å². The lowest BCUT2D eigenvalue weighted by Crippen LogP contribution is -1.72. The number of furan rings is 2. The molecule has 0 aliphatic carbocycles. The molecule has 2 heterocycles. The van der Waals surface area contributed by atoms with E-state index in [1.54, 1.807) is 12.5 Å². The molecule has 2 aromatic carbocycles. The second-order valence-electron chi connectivity index (χ2n) is 4.54. The Labute approximate surface area is 115 Å². The van der Waals surface area contributed by atoms with E-state index in [1.165, 1.54) is 0 Å². The van der Waals surface area contributed by atoms with Crippen molar-refractivity contribution in [2.24, 2.45) is 0 Å². The van der Waals surface area contributed by atoms with E-state index >= 15 is 0 Å². The van der Waals surface area contributed by atoms with Gasteiger partial charge in [-0.1, -0.05) is 36.1 Å². The Balaban J connectivity index is 1.83. The molecule has 0 saturated carbocycles. The van der Waals surface area contributed by atoms with E-state index in [-0.39, 0.29) is 0 Å². The highest BCUT2D eigenvalue weighted by atomic mass is 16.3. The summed E-state index contributed by atoms with van der Waals surface area (Å²) in [5, 5.41) is 2.07. The van der Waals surface area contributed by atoms with Crippen LogP contribution in [0.5, 0.6) is 0 Å². The van der Waals surface area contributed by atoms with Crippen LogP contribution < -0.4 is 0 Å². The van der Waals surface area contributed by atoms with Crippen molar-refractivity contribution in [2.75, 3.05) is 0 Å². The Morgan fingerprint density at radius 1 is 0.600 bits per heavy atom. The van der Waals surface area contributed by atoms with Crippen molar-refractivity contribution in [3.05, 3.63) is 72.2 Å². The first-order valence-electron chi connectivity index (χ1n) is 6.36. The van der Waals surface area contributed by atoms with Gasteiger partial charge in [-0.3, -0.25) is 0 Å². The molecule has 0 amide bonds. The van der Waals surface area contributed by atoms with Gasteiger partial charge in [0.2, 0.25) is 0 Å². The van der Waals surface area contributed by atoms with Gasteiger partial charge in [0.15, 0.2) is 0 Å². The molecule has 0 aliphatic rings. The Hall–Kier alpha value is -2.92. The van der Waals surface area contributed by atoms with Crippen molar-refractivity contribution in [3.8, 4) is 11.8 Å². The third kappa shape index (κ3) is 1.69. The van der Waals surface area contributed by atoms with E-state index in [0.717, 1.165) is 33.1 Å². The Bertz CT molecular complexity index is 883. The van der Waals surface area contributed by atoms with Gasteiger partial charge in [0.05, 0.1) is 11.1 Å². The molecule has 4 rings (SSSR count). The maximum absolute atomic E-state index is 5.48. The van der Waals surface area contributed by atoms with Crippen LogP contribution in [-0.2, 0) is 0 Å². The number of rotatable bonds is 0. The molecule has 2 aromatic heterocycles. The zero-order valence-electron chi connectivity index (χ0n) is 10.6. The highest BCUT2D eigenvalue weighted by molar-refractivity contribution is 5.86. The molecule has 0 atom stereocenters. The number of hydrogen-bond acceptors (Lipinski definition) is 2. The van der Waals surface area contributed by atoms with Gasteiger partial charge in [0, 0.05) is 10.8 Å². The zero-order valence-corrected chi connectivity index (χ0v) is 10.6. The van der Waals surface area contributed by atoms with Gasteiger partial charge in [-0.05, 0) is 24.3 Å². The SMILES string of the molecule is C(#Cc1coc2ccccc12)c1coc2ccccc12. The fraction of sp³-hybridized carbons (Fsp3) is 0. The second kappa shape index (κ2) is 4.32. The largest absolute Gasteiger partial charge is 0.463 e. The van der Waals surface area contributed by atoms with Crippen molar-refractivity contribution in [1.82, 2.24) is 0 Å². The third-order valence-corrected chi connectivity index (χ3v) is 3.29. The maximum Gasteiger partial charge on any atom is 0.135 e. The fourth-order valence-corrected chi connectivity index (χ4v) is 2.28. The Morgan fingerprint density at radius 2 is 1.05 bits per heavy atom. The minimum atomic E-state index is 0.855. The van der Waals surface area contributed by atoms with Gasteiger partial charge >= 0.3 is 0 Å². The summed E-state index contributed by atoms with van der Waals surface area (Å²) in [6.45, 7) is 0. The fourth-order valence-electron chi connectivity index (χ4n) is 2.28. The average Bonchev–Trinajstić information content (AvgIpc) is 3.09.